The third-order valence-corrected chi connectivity index (χ3v) is 5.75. The first-order valence-electron chi connectivity index (χ1n) is 7.91. The van der Waals surface area contributed by atoms with Crippen LogP contribution in [0.5, 0.6) is 0 Å². The molecule has 148 valence electrons. The second kappa shape index (κ2) is 8.32. The summed E-state index contributed by atoms with van der Waals surface area (Å²) in [6.45, 7) is 1.07. The van der Waals surface area contributed by atoms with Gasteiger partial charge in [0.05, 0.1) is 17.0 Å². The van der Waals surface area contributed by atoms with Gasteiger partial charge < -0.3 is 10.6 Å². The molecule has 2 atom stereocenters. The maximum atomic E-state index is 12.7. The number of halogens is 3. The molecule has 0 saturated carbocycles. The topological polar surface area (TPSA) is 93.1 Å². The maximum Gasteiger partial charge on any atom is 0.341 e. The minimum absolute atomic E-state index is 0. The van der Waals surface area contributed by atoms with Crippen molar-refractivity contribution in [3.05, 3.63) is 42.2 Å². The van der Waals surface area contributed by atoms with Crippen LogP contribution in [0.3, 0.4) is 0 Å². The molecule has 0 radical (unpaired) electrons. The highest BCUT2D eigenvalue weighted by atomic mass is 35.5. The number of rotatable bonds is 5. The summed E-state index contributed by atoms with van der Waals surface area (Å²) in [6.07, 6.45) is 3.54. The van der Waals surface area contributed by atoms with Crippen molar-refractivity contribution in [2.75, 3.05) is 18.4 Å². The number of aromatic nitrogens is 2. The highest BCUT2D eigenvalue weighted by Crippen LogP contribution is 2.29. The molecular formula is C16H19ClF2N4O3S. The van der Waals surface area contributed by atoms with Crippen LogP contribution >= 0.6 is 12.4 Å². The summed E-state index contributed by atoms with van der Waals surface area (Å²) in [7, 11) is -2.93. The molecule has 0 spiro atoms. The van der Waals surface area contributed by atoms with Crippen LogP contribution in [0.1, 0.15) is 11.5 Å². The van der Waals surface area contributed by atoms with Crippen LogP contribution in [-0.2, 0) is 21.7 Å². The van der Waals surface area contributed by atoms with Crippen LogP contribution in [0, 0.1) is 5.92 Å². The number of benzene rings is 1. The zero-order valence-corrected chi connectivity index (χ0v) is 15.9. The fraction of sp³-hybridized carbons (Fsp3) is 0.375. The van der Waals surface area contributed by atoms with Crippen molar-refractivity contribution in [3.63, 3.8) is 0 Å². The third-order valence-electron chi connectivity index (χ3n) is 4.37. The van der Waals surface area contributed by atoms with Crippen LogP contribution in [0.25, 0.3) is 0 Å². The first-order valence-corrected chi connectivity index (χ1v) is 9.46. The molecule has 2 heterocycles. The number of alkyl halides is 2. The molecule has 0 aliphatic carbocycles. The van der Waals surface area contributed by atoms with E-state index in [0.29, 0.717) is 13.1 Å². The van der Waals surface area contributed by atoms with Gasteiger partial charge in [0, 0.05) is 37.9 Å². The Kier molecular flexibility index (Phi) is 6.55. The van der Waals surface area contributed by atoms with Crippen molar-refractivity contribution < 1.29 is 22.0 Å². The van der Waals surface area contributed by atoms with Gasteiger partial charge in [-0.25, -0.2) is 8.42 Å². The average molecular weight is 421 g/mol. The van der Waals surface area contributed by atoms with E-state index in [1.54, 1.807) is 17.9 Å². The number of carbonyl (C=O) groups is 1. The van der Waals surface area contributed by atoms with Gasteiger partial charge in [-0.05, 0) is 23.8 Å². The fourth-order valence-electron chi connectivity index (χ4n) is 3.02. The van der Waals surface area contributed by atoms with Gasteiger partial charge in [-0.2, -0.15) is 13.9 Å². The fourth-order valence-corrected chi connectivity index (χ4v) is 3.79. The third kappa shape index (κ3) is 4.45. The Balaban J connectivity index is 0.00000261. The summed E-state index contributed by atoms with van der Waals surface area (Å²) >= 11 is 0. The molecule has 2 N–H and O–H groups in total. The van der Waals surface area contributed by atoms with Crippen molar-refractivity contribution in [1.29, 1.82) is 0 Å². The molecule has 7 nitrogen and oxygen atoms in total. The van der Waals surface area contributed by atoms with Gasteiger partial charge in [0.25, 0.3) is 0 Å². The number of aryl methyl sites for hydroxylation is 1. The second-order valence-corrected chi connectivity index (χ2v) is 8.06. The van der Waals surface area contributed by atoms with E-state index in [9.17, 15) is 22.0 Å². The lowest BCUT2D eigenvalue weighted by Gasteiger charge is -2.17. The van der Waals surface area contributed by atoms with E-state index >= 15 is 0 Å². The minimum atomic E-state index is -4.71. The van der Waals surface area contributed by atoms with E-state index in [2.05, 4.69) is 15.7 Å². The SMILES string of the molecule is Cl.Cn1cc([C@H]2CNC[C@@H]2C(=O)Nc2cccc(S(=O)(=O)C(F)F)c2)cn1. The predicted octanol–water partition coefficient (Wildman–Crippen LogP) is 1.78. The Morgan fingerprint density at radius 1 is 1.37 bits per heavy atom. The number of sulfone groups is 1. The van der Waals surface area contributed by atoms with Crippen LogP contribution < -0.4 is 10.6 Å². The number of hydrogen-bond acceptors (Lipinski definition) is 5. The Morgan fingerprint density at radius 3 is 2.74 bits per heavy atom. The molecule has 0 unspecified atom stereocenters. The van der Waals surface area contributed by atoms with Gasteiger partial charge >= 0.3 is 5.76 Å². The molecule has 1 aromatic heterocycles. The molecule has 1 aliphatic heterocycles. The Morgan fingerprint density at radius 2 is 2.11 bits per heavy atom. The van der Waals surface area contributed by atoms with Crippen molar-refractivity contribution in [1.82, 2.24) is 15.1 Å². The van der Waals surface area contributed by atoms with Crippen molar-refractivity contribution in [2.45, 2.75) is 16.6 Å². The molecule has 1 aromatic carbocycles. The van der Waals surface area contributed by atoms with Crippen LogP contribution in [0.2, 0.25) is 0 Å². The van der Waals surface area contributed by atoms with E-state index in [0.717, 1.165) is 17.7 Å². The molecule has 1 fully saturated rings. The summed E-state index contributed by atoms with van der Waals surface area (Å²) < 4.78 is 50.2. The van der Waals surface area contributed by atoms with E-state index < -0.39 is 20.5 Å². The van der Waals surface area contributed by atoms with E-state index in [1.807, 2.05) is 6.20 Å². The summed E-state index contributed by atoms with van der Waals surface area (Å²) in [5.74, 6) is -4.27. The summed E-state index contributed by atoms with van der Waals surface area (Å²) in [5.41, 5.74) is 1.08. The lowest BCUT2D eigenvalue weighted by molar-refractivity contribution is -0.119. The van der Waals surface area contributed by atoms with Gasteiger partial charge in [-0.3, -0.25) is 9.48 Å². The number of nitrogens with one attached hydrogen (secondary N) is 2. The molecule has 11 heteroatoms. The molecular weight excluding hydrogens is 402 g/mol. The van der Waals surface area contributed by atoms with Crippen LogP contribution in [-0.4, -0.2) is 43.0 Å². The highest BCUT2D eigenvalue weighted by Gasteiger charge is 2.35. The summed E-state index contributed by atoms with van der Waals surface area (Å²) in [6, 6.07) is 4.90. The molecule has 0 bridgehead atoms. The Bertz CT molecular complexity index is 920. The summed E-state index contributed by atoms with van der Waals surface area (Å²) in [4.78, 5) is 12.1. The molecule has 1 saturated heterocycles. The Labute approximate surface area is 161 Å². The van der Waals surface area contributed by atoms with Gasteiger partial charge in [0.15, 0.2) is 0 Å². The van der Waals surface area contributed by atoms with Crippen molar-refractivity contribution in [3.8, 4) is 0 Å². The van der Waals surface area contributed by atoms with E-state index in [1.165, 1.54) is 12.1 Å². The minimum Gasteiger partial charge on any atom is -0.326 e. The lowest BCUT2D eigenvalue weighted by Crippen LogP contribution is -2.28. The second-order valence-electron chi connectivity index (χ2n) is 6.14. The molecule has 1 aliphatic rings. The van der Waals surface area contributed by atoms with Gasteiger partial charge in [-0.1, -0.05) is 6.07 Å². The number of nitrogens with zero attached hydrogens (tertiary/aromatic N) is 2. The quantitative estimate of drug-likeness (QED) is 0.769. The van der Waals surface area contributed by atoms with Crippen molar-refractivity contribution >= 4 is 33.8 Å². The number of hydrogen-bond donors (Lipinski definition) is 2. The standard InChI is InChI=1S/C16H18F2N4O3S.ClH/c1-22-9-10(6-20-22)13-7-19-8-14(13)15(23)21-11-3-2-4-12(5-11)26(24,25)16(17)18;/h2-6,9,13-14,16,19H,7-8H2,1H3,(H,21,23);1H/t13-,14+;/m1./s1. The first kappa shape index (κ1) is 21.3. The molecule has 3 rings (SSSR count). The average Bonchev–Trinajstić information content (AvgIpc) is 3.23. The smallest absolute Gasteiger partial charge is 0.326 e. The molecule has 27 heavy (non-hydrogen) atoms. The first-order chi connectivity index (χ1) is 12.3. The normalized spacial score (nSPS) is 19.7. The van der Waals surface area contributed by atoms with Gasteiger partial charge in [-0.15, -0.1) is 12.4 Å². The lowest BCUT2D eigenvalue weighted by atomic mass is 9.90. The predicted molar refractivity (Wildman–Crippen MR) is 97.8 cm³/mol. The van der Waals surface area contributed by atoms with Gasteiger partial charge in [0.1, 0.15) is 0 Å². The molecule has 1 amide bonds. The molecule has 2 aromatic rings. The highest BCUT2D eigenvalue weighted by molar-refractivity contribution is 7.91. The van der Waals surface area contributed by atoms with Crippen LogP contribution in [0.15, 0.2) is 41.6 Å². The number of amides is 1. The van der Waals surface area contributed by atoms with Crippen LogP contribution in [0.4, 0.5) is 14.5 Å². The maximum absolute atomic E-state index is 12.7. The summed E-state index contributed by atoms with van der Waals surface area (Å²) in [5, 5.41) is 9.89. The largest absolute Gasteiger partial charge is 0.341 e. The number of carbonyl (C=O) groups excluding carboxylic acids is 1. The van der Waals surface area contributed by atoms with E-state index in [-0.39, 0.29) is 35.8 Å². The van der Waals surface area contributed by atoms with Gasteiger partial charge in [0.2, 0.25) is 15.7 Å². The Hall–Kier alpha value is -2.04. The number of anilines is 1. The van der Waals surface area contributed by atoms with E-state index in [4.69, 9.17) is 0 Å². The zero-order valence-electron chi connectivity index (χ0n) is 14.3. The van der Waals surface area contributed by atoms with Crippen molar-refractivity contribution in [2.24, 2.45) is 13.0 Å². The monoisotopic (exact) mass is 420 g/mol. The zero-order chi connectivity index (χ0) is 18.9.